The van der Waals surface area contributed by atoms with Gasteiger partial charge >= 0.3 is 0 Å². The molecule has 1 aromatic heterocycles. The molecule has 7 rings (SSSR count). The van der Waals surface area contributed by atoms with Crippen LogP contribution in [-0.4, -0.2) is 4.98 Å². The maximum atomic E-state index is 6.54. The van der Waals surface area contributed by atoms with E-state index >= 15 is 0 Å². The molecule has 0 amide bonds. The van der Waals surface area contributed by atoms with Crippen molar-refractivity contribution in [2.24, 2.45) is 4.99 Å². The van der Waals surface area contributed by atoms with E-state index in [0.29, 0.717) is 5.88 Å². The molecule has 0 atom stereocenters. The summed E-state index contributed by atoms with van der Waals surface area (Å²) in [6.07, 6.45) is 6.44. The zero-order chi connectivity index (χ0) is 31.2. The number of hydrogen-bond acceptors (Lipinski definition) is 4. The fourth-order valence-corrected chi connectivity index (χ4v) is 6.08. The van der Waals surface area contributed by atoms with Gasteiger partial charge in [0.05, 0.1) is 16.7 Å². The topological polar surface area (TPSA) is 46.5 Å². The van der Waals surface area contributed by atoms with Crippen LogP contribution < -0.4 is 20.6 Å². The summed E-state index contributed by atoms with van der Waals surface area (Å²) in [4.78, 5) is 10.5. The average molecular weight is 580 g/mol. The van der Waals surface area contributed by atoms with Crippen molar-refractivity contribution in [1.82, 2.24) is 10.3 Å². The van der Waals surface area contributed by atoms with Crippen molar-refractivity contribution < 1.29 is 4.74 Å². The summed E-state index contributed by atoms with van der Waals surface area (Å²) in [5, 5.41) is 5.91. The number of nitrogens with zero attached hydrogens (tertiary/aromatic N) is 2. The number of aromatic nitrogens is 1. The quantitative estimate of drug-likeness (QED) is 0.199. The molecule has 1 N–H and O–H groups in total. The van der Waals surface area contributed by atoms with Crippen molar-refractivity contribution in [2.45, 2.75) is 78.6 Å². The van der Waals surface area contributed by atoms with Gasteiger partial charge < -0.3 is 10.1 Å². The highest BCUT2D eigenvalue weighted by molar-refractivity contribution is 5.91. The highest BCUT2D eigenvalue weighted by Crippen LogP contribution is 2.45. The molecule has 3 aliphatic rings. The predicted octanol–water partition coefficient (Wildman–Crippen LogP) is 8.99. The van der Waals surface area contributed by atoms with Gasteiger partial charge in [-0.1, -0.05) is 74.5 Å². The molecule has 0 aliphatic carbocycles. The Morgan fingerprint density at radius 2 is 1.34 bits per heavy atom. The first kappa shape index (κ1) is 28.3. The van der Waals surface area contributed by atoms with E-state index in [2.05, 4.69) is 134 Å². The van der Waals surface area contributed by atoms with Crippen LogP contribution in [0.5, 0.6) is 11.6 Å². The number of dihydropyridines is 1. The lowest BCUT2D eigenvalue weighted by atomic mass is 9.81. The van der Waals surface area contributed by atoms with Gasteiger partial charge in [-0.25, -0.2) is 9.98 Å². The summed E-state index contributed by atoms with van der Waals surface area (Å²) < 4.78 is 6.54. The molecule has 4 nitrogen and oxygen atoms in total. The van der Waals surface area contributed by atoms with Gasteiger partial charge in [0, 0.05) is 44.9 Å². The second-order valence-electron chi connectivity index (χ2n) is 15.4. The largest absolute Gasteiger partial charge is 0.439 e. The number of hydrogen-bond donors (Lipinski definition) is 1. The Bertz CT molecular complexity index is 2060. The second kappa shape index (κ2) is 9.53. The Morgan fingerprint density at radius 3 is 2.07 bits per heavy atom. The smallest absolute Gasteiger partial charge is 0.219 e. The number of allylic oxidation sites excluding steroid dienone is 2. The van der Waals surface area contributed by atoms with Crippen LogP contribution in [0.15, 0.2) is 83.9 Å². The summed E-state index contributed by atoms with van der Waals surface area (Å²) in [5.41, 5.74) is 11.9. The van der Waals surface area contributed by atoms with Gasteiger partial charge in [-0.2, -0.15) is 0 Å². The van der Waals surface area contributed by atoms with Crippen LogP contribution in [0.3, 0.4) is 0 Å². The van der Waals surface area contributed by atoms with E-state index in [1.165, 1.54) is 22.3 Å². The standard InChI is InChI=1S/C40H41N3O/c1-38(2,3)24-16-23-17-27(18-24)44-35-15-11-14-34(42-35)31-22-26(40(7,8)9)20-29-28-19-25(39(4,5)6)21-30(36(28)43-37(29)31)33-13-10-12-32(23)41-33/h10-22,41H,1-9H3. The molecule has 0 saturated heterocycles. The van der Waals surface area contributed by atoms with Crippen molar-refractivity contribution in [3.8, 4) is 34.0 Å². The molecular formula is C40H41N3O. The predicted molar refractivity (Wildman–Crippen MR) is 182 cm³/mol. The summed E-state index contributed by atoms with van der Waals surface area (Å²) in [5.74, 6) is 1.33. The number of rotatable bonds is 0. The first-order valence-corrected chi connectivity index (χ1v) is 15.6. The molecule has 0 unspecified atom stereocenters. The Morgan fingerprint density at radius 1 is 0.682 bits per heavy atom. The molecule has 0 radical (unpaired) electrons. The molecule has 44 heavy (non-hydrogen) atoms. The minimum atomic E-state index is -0.0640. The minimum absolute atomic E-state index is 0.0430. The van der Waals surface area contributed by atoms with Crippen molar-refractivity contribution in [1.29, 1.82) is 0 Å². The van der Waals surface area contributed by atoms with Gasteiger partial charge in [-0.15, -0.1) is 0 Å². The molecule has 3 aliphatic heterocycles. The monoisotopic (exact) mass is 579 g/mol. The molecule has 222 valence electrons. The Balaban J connectivity index is 1.62. The molecule has 4 heteroatoms. The van der Waals surface area contributed by atoms with E-state index in [1.807, 2.05) is 12.1 Å². The number of nitrogens with one attached hydrogen (secondary N) is 1. The van der Waals surface area contributed by atoms with Crippen LogP contribution in [0.4, 0.5) is 5.69 Å². The van der Waals surface area contributed by atoms with Crippen molar-refractivity contribution in [2.75, 3.05) is 0 Å². The fraction of sp³-hybridized carbons (Fsp3) is 0.300. The normalized spacial score (nSPS) is 15.0. The minimum Gasteiger partial charge on any atom is -0.439 e. The molecule has 0 spiro atoms. The Labute approximate surface area is 260 Å². The molecule has 3 aromatic carbocycles. The van der Waals surface area contributed by atoms with Crippen LogP contribution in [0.1, 0.15) is 84.6 Å². The van der Waals surface area contributed by atoms with Gasteiger partial charge in [-0.3, -0.25) is 0 Å². The van der Waals surface area contributed by atoms with Gasteiger partial charge in [0.2, 0.25) is 5.88 Å². The molecule has 8 bridgehead atoms. The number of pyridine rings is 1. The van der Waals surface area contributed by atoms with Crippen LogP contribution in [-0.2, 0) is 16.2 Å². The van der Waals surface area contributed by atoms with Crippen LogP contribution >= 0.6 is 0 Å². The zero-order valence-electron chi connectivity index (χ0n) is 27.3. The molecule has 0 fully saturated rings. The van der Waals surface area contributed by atoms with Crippen molar-refractivity contribution in [3.63, 3.8) is 0 Å². The fourth-order valence-electron chi connectivity index (χ4n) is 6.08. The summed E-state index contributed by atoms with van der Waals surface area (Å²) >= 11 is 0. The maximum Gasteiger partial charge on any atom is 0.219 e. The third-order valence-electron chi connectivity index (χ3n) is 8.86. The van der Waals surface area contributed by atoms with Gasteiger partial charge in [0.25, 0.3) is 0 Å². The number of fused-ring (bicyclic) bond motifs is 9. The van der Waals surface area contributed by atoms with Crippen molar-refractivity contribution >= 4 is 17.1 Å². The van der Waals surface area contributed by atoms with E-state index in [-0.39, 0.29) is 16.2 Å². The maximum absolute atomic E-state index is 6.54. The molecule has 0 saturated carbocycles. The summed E-state index contributed by atoms with van der Waals surface area (Å²) in [6.45, 7) is 20.3. The first-order chi connectivity index (χ1) is 20.6. The van der Waals surface area contributed by atoms with E-state index < -0.39 is 0 Å². The van der Waals surface area contributed by atoms with Gasteiger partial charge in [0.1, 0.15) is 5.75 Å². The number of ether oxygens (including phenoxy) is 1. The molecule has 4 heterocycles. The van der Waals surface area contributed by atoms with Crippen LogP contribution in [0, 0.1) is 0 Å². The lowest BCUT2D eigenvalue weighted by Gasteiger charge is -2.24. The number of benzene rings is 3. The zero-order valence-corrected chi connectivity index (χ0v) is 27.3. The van der Waals surface area contributed by atoms with Gasteiger partial charge in [-0.05, 0) is 93.6 Å². The first-order valence-electron chi connectivity index (χ1n) is 15.6. The summed E-state index contributed by atoms with van der Waals surface area (Å²) in [6, 6.07) is 21.8. The lowest BCUT2D eigenvalue weighted by molar-refractivity contribution is 0.460. The average Bonchev–Trinajstić information content (AvgIpc) is 3.33. The highest BCUT2D eigenvalue weighted by Gasteiger charge is 2.28. The summed E-state index contributed by atoms with van der Waals surface area (Å²) in [7, 11) is 0. The van der Waals surface area contributed by atoms with Gasteiger partial charge in [0.15, 0.2) is 0 Å². The lowest BCUT2D eigenvalue weighted by Crippen LogP contribution is -2.34. The Kier molecular flexibility index (Phi) is 6.14. The van der Waals surface area contributed by atoms with E-state index in [1.54, 1.807) is 0 Å². The SMILES string of the molecule is CC(C)(C)c1cc2cc(c1)C1=CC=CC(=c3cc(C(C)(C)C)cc4c3=Nc3c(cc(C(C)(C)C)cc3-4)-c3cccc(n3)O2)N1. The van der Waals surface area contributed by atoms with E-state index in [9.17, 15) is 0 Å². The molecule has 4 aromatic rings. The second-order valence-corrected chi connectivity index (χ2v) is 15.4. The molecular weight excluding hydrogens is 538 g/mol. The van der Waals surface area contributed by atoms with Crippen LogP contribution in [0.25, 0.3) is 33.8 Å². The third-order valence-corrected chi connectivity index (χ3v) is 8.86. The van der Waals surface area contributed by atoms with Crippen molar-refractivity contribution in [3.05, 3.63) is 112 Å². The van der Waals surface area contributed by atoms with E-state index in [0.717, 1.165) is 55.8 Å². The Hall–Kier alpha value is -4.44. The van der Waals surface area contributed by atoms with E-state index in [4.69, 9.17) is 14.7 Å². The highest BCUT2D eigenvalue weighted by atomic mass is 16.5. The third kappa shape index (κ3) is 4.87. The van der Waals surface area contributed by atoms with Crippen LogP contribution in [0.2, 0.25) is 0 Å².